The number of hydrogen-bond acceptors (Lipinski definition) is 8. The van der Waals surface area contributed by atoms with Gasteiger partial charge in [-0.05, 0) is 76.4 Å². The van der Waals surface area contributed by atoms with E-state index in [1.165, 1.54) is 59.2 Å². The molecule has 4 atom stereocenters. The van der Waals surface area contributed by atoms with Crippen LogP contribution in [-0.4, -0.2) is 84.2 Å². The summed E-state index contributed by atoms with van der Waals surface area (Å²) < 4.78 is 72.0. The molecule has 13 heteroatoms. The van der Waals surface area contributed by atoms with Crippen LogP contribution in [0.4, 0.5) is 17.6 Å². The van der Waals surface area contributed by atoms with Crippen LogP contribution in [0.15, 0.2) is 54.6 Å². The summed E-state index contributed by atoms with van der Waals surface area (Å²) in [5.74, 6) is -3.54. The molecule has 0 aliphatic carbocycles. The van der Waals surface area contributed by atoms with Crippen molar-refractivity contribution in [1.82, 2.24) is 9.80 Å². The number of benzene rings is 2. The SMILES string of the molecule is CCCCCCCCCCN(C)[C@@H](CC(C)(C)F)C(=O)O[C@H](Cc1ccc(C(F)(F)F)cc1)C(=O)N(C)[C@@H](CC(C)C)C(=O)O[C@H](C)C(=O)OCc1ccccc1. The molecular formula is C44H64F4N2O7. The molecule has 2 aromatic rings. The minimum atomic E-state index is -4.60. The molecule has 0 heterocycles. The van der Waals surface area contributed by atoms with Crippen LogP contribution in [0.1, 0.15) is 122 Å². The van der Waals surface area contributed by atoms with Crippen LogP contribution in [0.25, 0.3) is 0 Å². The summed E-state index contributed by atoms with van der Waals surface area (Å²) >= 11 is 0. The number of alkyl halides is 4. The van der Waals surface area contributed by atoms with E-state index in [1.807, 2.05) is 19.9 Å². The van der Waals surface area contributed by atoms with E-state index in [0.717, 1.165) is 54.7 Å². The Balaban J connectivity index is 2.33. The lowest BCUT2D eigenvalue weighted by atomic mass is 9.98. The van der Waals surface area contributed by atoms with Gasteiger partial charge in [0.1, 0.15) is 24.4 Å². The highest BCUT2D eigenvalue weighted by atomic mass is 19.4. The molecule has 2 aromatic carbocycles. The normalized spacial score (nSPS) is 14.1. The summed E-state index contributed by atoms with van der Waals surface area (Å²) in [5, 5.41) is 0. The average Bonchev–Trinajstić information content (AvgIpc) is 3.14. The zero-order valence-corrected chi connectivity index (χ0v) is 35.0. The predicted molar refractivity (Wildman–Crippen MR) is 212 cm³/mol. The quantitative estimate of drug-likeness (QED) is 0.0424. The molecule has 0 bridgehead atoms. The number of unbranched alkanes of at least 4 members (excludes halogenated alkanes) is 7. The van der Waals surface area contributed by atoms with E-state index in [1.54, 1.807) is 36.2 Å². The Morgan fingerprint density at radius 1 is 0.702 bits per heavy atom. The van der Waals surface area contributed by atoms with Gasteiger partial charge in [-0.15, -0.1) is 0 Å². The third-order valence-electron chi connectivity index (χ3n) is 9.71. The number of rotatable bonds is 25. The first-order chi connectivity index (χ1) is 26.7. The van der Waals surface area contributed by atoms with Crippen molar-refractivity contribution in [3.8, 4) is 0 Å². The number of halogens is 4. The van der Waals surface area contributed by atoms with Crippen molar-refractivity contribution in [2.24, 2.45) is 5.92 Å². The van der Waals surface area contributed by atoms with Crippen LogP contribution < -0.4 is 0 Å². The van der Waals surface area contributed by atoms with Crippen LogP contribution in [0, 0.1) is 5.92 Å². The fourth-order valence-corrected chi connectivity index (χ4v) is 6.36. The Bertz CT molecular complexity index is 1510. The van der Waals surface area contributed by atoms with Crippen LogP contribution in [0.3, 0.4) is 0 Å². The number of likely N-dealkylation sites (N-methyl/N-ethyl adjacent to an activating group) is 2. The molecule has 0 saturated carbocycles. The first kappa shape index (κ1) is 49.1. The predicted octanol–water partition coefficient (Wildman–Crippen LogP) is 9.29. The van der Waals surface area contributed by atoms with E-state index in [4.69, 9.17) is 14.2 Å². The van der Waals surface area contributed by atoms with E-state index < -0.39 is 65.5 Å². The van der Waals surface area contributed by atoms with E-state index in [9.17, 15) is 32.3 Å². The maximum atomic E-state index is 15.2. The number of carbonyl (C=O) groups excluding carboxylic acids is 4. The Hall–Kier alpha value is -4.00. The Morgan fingerprint density at radius 2 is 1.26 bits per heavy atom. The molecule has 9 nitrogen and oxygen atoms in total. The van der Waals surface area contributed by atoms with Crippen molar-refractivity contribution in [3.05, 3.63) is 71.3 Å². The maximum absolute atomic E-state index is 15.2. The van der Waals surface area contributed by atoms with Gasteiger partial charge in [-0.25, -0.2) is 14.0 Å². The van der Waals surface area contributed by atoms with Crippen molar-refractivity contribution in [3.63, 3.8) is 0 Å². The van der Waals surface area contributed by atoms with E-state index in [2.05, 4.69) is 6.92 Å². The maximum Gasteiger partial charge on any atom is 0.416 e. The lowest BCUT2D eigenvalue weighted by molar-refractivity contribution is -0.174. The Morgan fingerprint density at radius 3 is 1.81 bits per heavy atom. The fourth-order valence-electron chi connectivity index (χ4n) is 6.36. The number of nitrogens with zero attached hydrogens (tertiary/aromatic N) is 2. The third-order valence-corrected chi connectivity index (χ3v) is 9.71. The summed E-state index contributed by atoms with van der Waals surface area (Å²) in [6.45, 7) is 10.3. The van der Waals surface area contributed by atoms with Crippen molar-refractivity contribution in [2.45, 2.75) is 155 Å². The molecule has 0 aliphatic rings. The topological polar surface area (TPSA) is 102 Å². The number of amides is 1. The second kappa shape index (κ2) is 24.0. The molecule has 320 valence electrons. The molecule has 0 spiro atoms. The largest absolute Gasteiger partial charge is 0.458 e. The lowest BCUT2D eigenvalue weighted by Gasteiger charge is -2.33. The van der Waals surface area contributed by atoms with Gasteiger partial charge in [0.05, 0.1) is 5.56 Å². The van der Waals surface area contributed by atoms with Gasteiger partial charge in [0, 0.05) is 19.9 Å². The van der Waals surface area contributed by atoms with Gasteiger partial charge in [0.15, 0.2) is 12.2 Å². The van der Waals surface area contributed by atoms with Crippen molar-refractivity contribution in [1.29, 1.82) is 0 Å². The lowest BCUT2D eigenvalue weighted by Crippen LogP contribution is -2.52. The summed E-state index contributed by atoms with van der Waals surface area (Å²) in [5.41, 5.74) is -1.69. The van der Waals surface area contributed by atoms with Crippen LogP contribution in [0.2, 0.25) is 0 Å². The summed E-state index contributed by atoms with van der Waals surface area (Å²) in [6, 6.07) is 10.7. The van der Waals surface area contributed by atoms with Gasteiger partial charge in [-0.1, -0.05) is 108 Å². The standard InChI is InChI=1S/C44H64F4N2O7/c1-9-10-11-12-13-14-15-19-26-49(7)37(29-43(5,6)45)42(54)57-38(28-33-22-24-35(25-23-33)44(46,47)48)39(51)50(8)36(27-31(2)3)41(53)56-32(4)40(52)55-30-34-20-17-16-18-21-34/h16-18,20-25,31-32,36-38H,9-15,19,26-30H2,1-8H3/t32-,36+,37+,38-/m1/s1. The molecule has 0 aliphatic heterocycles. The van der Waals surface area contributed by atoms with E-state index in [0.29, 0.717) is 6.54 Å². The molecule has 0 unspecified atom stereocenters. The van der Waals surface area contributed by atoms with Gasteiger partial charge in [-0.2, -0.15) is 13.2 Å². The second-order valence-electron chi connectivity index (χ2n) is 16.0. The number of hydrogen-bond donors (Lipinski definition) is 0. The van der Waals surface area contributed by atoms with Crippen molar-refractivity contribution < 1.29 is 51.0 Å². The van der Waals surface area contributed by atoms with E-state index >= 15 is 4.39 Å². The van der Waals surface area contributed by atoms with Gasteiger partial charge in [0.2, 0.25) is 0 Å². The second-order valence-corrected chi connectivity index (χ2v) is 16.0. The van der Waals surface area contributed by atoms with Gasteiger partial charge < -0.3 is 19.1 Å². The molecule has 0 saturated heterocycles. The highest BCUT2D eigenvalue weighted by Crippen LogP contribution is 2.30. The Kier molecular flexibility index (Phi) is 20.7. The smallest absolute Gasteiger partial charge is 0.416 e. The highest BCUT2D eigenvalue weighted by Gasteiger charge is 2.39. The van der Waals surface area contributed by atoms with Crippen LogP contribution >= 0.6 is 0 Å². The first-order valence-corrected chi connectivity index (χ1v) is 20.2. The number of esters is 3. The van der Waals surface area contributed by atoms with Crippen molar-refractivity contribution in [2.75, 3.05) is 20.6 Å². The molecule has 1 amide bonds. The van der Waals surface area contributed by atoms with Gasteiger partial charge >= 0.3 is 24.1 Å². The van der Waals surface area contributed by atoms with Crippen molar-refractivity contribution >= 4 is 23.8 Å². The average molecular weight is 809 g/mol. The Labute approximate surface area is 336 Å². The summed E-state index contributed by atoms with van der Waals surface area (Å²) in [7, 11) is 3.03. The fraction of sp³-hybridized carbons (Fsp3) is 0.636. The molecule has 2 rings (SSSR count). The molecule has 57 heavy (non-hydrogen) atoms. The third kappa shape index (κ3) is 18.4. The monoisotopic (exact) mass is 808 g/mol. The number of ether oxygens (including phenoxy) is 3. The van der Waals surface area contributed by atoms with Crippen LogP contribution in [-0.2, 0) is 52.6 Å². The van der Waals surface area contributed by atoms with Gasteiger partial charge in [0.25, 0.3) is 5.91 Å². The molecule has 0 aromatic heterocycles. The van der Waals surface area contributed by atoms with E-state index in [-0.39, 0.29) is 37.4 Å². The minimum absolute atomic E-state index is 0.0404. The minimum Gasteiger partial charge on any atom is -0.458 e. The molecular weight excluding hydrogens is 744 g/mol. The first-order valence-electron chi connectivity index (χ1n) is 20.2. The van der Waals surface area contributed by atoms with Crippen LogP contribution in [0.5, 0.6) is 0 Å². The highest BCUT2D eigenvalue weighted by molar-refractivity contribution is 5.90. The molecule has 0 fully saturated rings. The molecule has 0 radical (unpaired) electrons. The number of carbonyl (C=O) groups is 4. The molecule has 0 N–H and O–H groups in total. The summed E-state index contributed by atoms with van der Waals surface area (Å²) in [6.07, 6.45) is 0.574. The van der Waals surface area contributed by atoms with Gasteiger partial charge in [-0.3, -0.25) is 14.5 Å². The summed E-state index contributed by atoms with van der Waals surface area (Å²) in [4.78, 5) is 57.5. The zero-order chi connectivity index (χ0) is 42.8. The zero-order valence-electron chi connectivity index (χ0n) is 35.0.